The van der Waals surface area contributed by atoms with E-state index in [0.29, 0.717) is 12.1 Å². The molecule has 0 aliphatic carbocycles. The first-order valence-electron chi connectivity index (χ1n) is 5.68. The molecule has 1 heterocycles. The van der Waals surface area contributed by atoms with Gasteiger partial charge in [-0.3, -0.25) is 4.90 Å². The summed E-state index contributed by atoms with van der Waals surface area (Å²) in [6.07, 6.45) is 1.56. The summed E-state index contributed by atoms with van der Waals surface area (Å²) in [6.45, 7) is 6.29. The van der Waals surface area contributed by atoms with E-state index in [-0.39, 0.29) is 0 Å². The molecule has 82 valence electrons. The summed E-state index contributed by atoms with van der Waals surface area (Å²) in [7, 11) is 0. The van der Waals surface area contributed by atoms with Crippen molar-refractivity contribution in [1.82, 2.24) is 4.90 Å². The molecule has 0 N–H and O–H groups in total. The first-order valence-corrected chi connectivity index (χ1v) is 5.68. The largest absolute Gasteiger partial charge is 0.363 e. The van der Waals surface area contributed by atoms with E-state index in [1.54, 1.807) is 0 Å². The minimum atomic E-state index is 0.421. The summed E-state index contributed by atoms with van der Waals surface area (Å²) >= 11 is 0. The van der Waals surface area contributed by atoms with Crippen molar-refractivity contribution in [2.75, 3.05) is 13.3 Å². The van der Waals surface area contributed by atoms with E-state index in [9.17, 15) is 0 Å². The third-order valence-corrected chi connectivity index (χ3v) is 3.18. The van der Waals surface area contributed by atoms with Crippen LogP contribution in [0.3, 0.4) is 0 Å². The smallest absolute Gasteiger partial charge is 0.0998 e. The molecule has 0 spiro atoms. The Labute approximate surface area is 91.9 Å². The van der Waals surface area contributed by atoms with E-state index in [2.05, 4.69) is 49.1 Å². The van der Waals surface area contributed by atoms with Gasteiger partial charge >= 0.3 is 0 Å². The second-order valence-electron chi connectivity index (χ2n) is 4.29. The molecule has 1 saturated heterocycles. The highest BCUT2D eigenvalue weighted by atomic mass is 16.5. The molecule has 15 heavy (non-hydrogen) atoms. The van der Waals surface area contributed by atoms with Gasteiger partial charge in [-0.15, -0.1) is 0 Å². The molecule has 1 aromatic rings. The van der Waals surface area contributed by atoms with Gasteiger partial charge in [-0.2, -0.15) is 0 Å². The van der Waals surface area contributed by atoms with Gasteiger partial charge in [0.05, 0.1) is 12.8 Å². The van der Waals surface area contributed by atoms with Crippen LogP contribution in [0, 0.1) is 0 Å². The van der Waals surface area contributed by atoms with E-state index < -0.39 is 0 Å². The summed E-state index contributed by atoms with van der Waals surface area (Å²) in [5.41, 5.74) is 1.37. The fourth-order valence-corrected chi connectivity index (χ4v) is 1.97. The summed E-state index contributed by atoms with van der Waals surface area (Å²) in [6, 6.07) is 11.1. The first kappa shape index (κ1) is 10.7. The third-order valence-electron chi connectivity index (χ3n) is 3.18. The van der Waals surface area contributed by atoms with Gasteiger partial charge in [0.15, 0.2) is 0 Å². The van der Waals surface area contributed by atoms with Gasteiger partial charge in [-0.25, -0.2) is 0 Å². The molecule has 1 fully saturated rings. The van der Waals surface area contributed by atoms with Crippen molar-refractivity contribution in [1.29, 1.82) is 0 Å². The quantitative estimate of drug-likeness (QED) is 0.736. The van der Waals surface area contributed by atoms with Crippen molar-refractivity contribution >= 4 is 0 Å². The highest BCUT2D eigenvalue weighted by Crippen LogP contribution is 2.23. The van der Waals surface area contributed by atoms with Gasteiger partial charge in [0, 0.05) is 12.6 Å². The summed E-state index contributed by atoms with van der Waals surface area (Å²) in [4.78, 5) is 2.38. The number of nitrogens with zero attached hydrogens (tertiary/aromatic N) is 1. The zero-order chi connectivity index (χ0) is 10.7. The number of ether oxygens (including phenoxy) is 1. The maximum Gasteiger partial charge on any atom is 0.0998 e. The second-order valence-corrected chi connectivity index (χ2v) is 4.29. The monoisotopic (exact) mass is 205 g/mol. The molecule has 2 nitrogen and oxygen atoms in total. The van der Waals surface area contributed by atoms with Gasteiger partial charge in [-0.1, -0.05) is 30.3 Å². The van der Waals surface area contributed by atoms with Crippen LogP contribution in [0.2, 0.25) is 0 Å². The minimum Gasteiger partial charge on any atom is -0.363 e. The number of hydrogen-bond donors (Lipinski definition) is 0. The molecular weight excluding hydrogens is 186 g/mol. The molecule has 0 saturated carbocycles. The van der Waals surface area contributed by atoms with E-state index in [0.717, 1.165) is 19.7 Å². The number of benzene rings is 1. The van der Waals surface area contributed by atoms with Gasteiger partial charge in [0.1, 0.15) is 0 Å². The van der Waals surface area contributed by atoms with Crippen molar-refractivity contribution < 1.29 is 4.74 Å². The van der Waals surface area contributed by atoms with Crippen LogP contribution in [-0.2, 0) is 4.74 Å². The van der Waals surface area contributed by atoms with E-state index in [4.69, 9.17) is 4.74 Å². The van der Waals surface area contributed by atoms with Crippen LogP contribution in [0.4, 0.5) is 0 Å². The summed E-state index contributed by atoms with van der Waals surface area (Å²) in [5, 5.41) is 0. The highest BCUT2D eigenvalue weighted by Gasteiger charge is 2.21. The summed E-state index contributed by atoms with van der Waals surface area (Å²) in [5.74, 6) is 0. The molecule has 0 radical (unpaired) electrons. The van der Waals surface area contributed by atoms with Crippen LogP contribution in [0.15, 0.2) is 30.3 Å². The van der Waals surface area contributed by atoms with E-state index in [1.165, 1.54) is 5.56 Å². The molecule has 1 aliphatic rings. The van der Waals surface area contributed by atoms with Gasteiger partial charge < -0.3 is 4.74 Å². The van der Waals surface area contributed by atoms with Gasteiger partial charge in [0.25, 0.3) is 0 Å². The lowest BCUT2D eigenvalue weighted by Gasteiger charge is -2.35. The van der Waals surface area contributed by atoms with Crippen LogP contribution in [0.1, 0.15) is 31.9 Å². The van der Waals surface area contributed by atoms with Crippen LogP contribution in [-0.4, -0.2) is 24.3 Å². The molecule has 0 amide bonds. The molecule has 2 unspecified atom stereocenters. The molecule has 0 aromatic heterocycles. The Kier molecular flexibility index (Phi) is 3.39. The van der Waals surface area contributed by atoms with Crippen LogP contribution >= 0.6 is 0 Å². The Balaban J connectivity index is 1.99. The number of rotatable bonds is 2. The van der Waals surface area contributed by atoms with Gasteiger partial charge in [0.2, 0.25) is 0 Å². The molecule has 2 rings (SSSR count). The minimum absolute atomic E-state index is 0.421. The fourth-order valence-electron chi connectivity index (χ4n) is 1.97. The molecular formula is C13H19NO. The van der Waals surface area contributed by atoms with Crippen LogP contribution < -0.4 is 0 Å². The zero-order valence-corrected chi connectivity index (χ0v) is 9.52. The molecule has 1 aliphatic heterocycles. The third kappa shape index (κ3) is 2.58. The second kappa shape index (κ2) is 4.77. The topological polar surface area (TPSA) is 12.5 Å². The Bertz CT molecular complexity index is 291. The Morgan fingerprint density at radius 3 is 2.67 bits per heavy atom. The van der Waals surface area contributed by atoms with E-state index in [1.807, 2.05) is 0 Å². The van der Waals surface area contributed by atoms with Crippen molar-refractivity contribution in [3.05, 3.63) is 35.9 Å². The van der Waals surface area contributed by atoms with Crippen LogP contribution in [0.5, 0.6) is 0 Å². The lowest BCUT2D eigenvalue weighted by Crippen LogP contribution is -2.38. The predicted molar refractivity (Wildman–Crippen MR) is 61.6 cm³/mol. The zero-order valence-electron chi connectivity index (χ0n) is 9.52. The maximum atomic E-state index is 5.66. The molecule has 2 heteroatoms. The lowest BCUT2D eigenvalue weighted by atomic mass is 10.1. The van der Waals surface area contributed by atoms with Crippen molar-refractivity contribution in [2.45, 2.75) is 32.4 Å². The molecule has 2 atom stereocenters. The first-order chi connectivity index (χ1) is 7.27. The van der Waals surface area contributed by atoms with Crippen LogP contribution in [0.25, 0.3) is 0 Å². The molecule has 1 aromatic carbocycles. The highest BCUT2D eigenvalue weighted by molar-refractivity contribution is 5.18. The molecule has 0 bridgehead atoms. The number of hydrogen-bond acceptors (Lipinski definition) is 2. The average molecular weight is 205 g/mol. The Morgan fingerprint density at radius 2 is 2.07 bits per heavy atom. The lowest BCUT2D eigenvalue weighted by molar-refractivity contribution is -0.0750. The van der Waals surface area contributed by atoms with Crippen molar-refractivity contribution in [2.24, 2.45) is 0 Å². The standard InChI is InChI=1S/C13H19NO/c1-11-8-9-14(10-15-11)12(2)13-6-4-3-5-7-13/h3-7,11-12H,8-10H2,1-2H3. The maximum absolute atomic E-state index is 5.66. The fraction of sp³-hybridized carbons (Fsp3) is 0.538. The van der Waals surface area contributed by atoms with Crippen molar-refractivity contribution in [3.8, 4) is 0 Å². The van der Waals surface area contributed by atoms with E-state index >= 15 is 0 Å². The van der Waals surface area contributed by atoms with Crippen molar-refractivity contribution in [3.63, 3.8) is 0 Å². The average Bonchev–Trinajstić information content (AvgIpc) is 2.30. The summed E-state index contributed by atoms with van der Waals surface area (Å²) < 4.78 is 5.66. The van der Waals surface area contributed by atoms with Gasteiger partial charge in [-0.05, 0) is 25.8 Å². The predicted octanol–water partition coefficient (Wildman–Crippen LogP) is 2.82. The SMILES string of the molecule is CC1CCN(C(C)c2ccccc2)CO1. The Morgan fingerprint density at radius 1 is 1.33 bits per heavy atom. The normalized spacial score (nSPS) is 25.1. The Hall–Kier alpha value is -0.860.